The van der Waals surface area contributed by atoms with Gasteiger partial charge in [-0.15, -0.1) is 0 Å². The third-order valence-electron chi connectivity index (χ3n) is 1.66. The number of sulfonamides is 1. The summed E-state index contributed by atoms with van der Waals surface area (Å²) in [5, 5.41) is 2.19. The first-order valence-electron chi connectivity index (χ1n) is 4.04. The normalized spacial score (nSPS) is 14.1. The van der Waals surface area contributed by atoms with E-state index >= 15 is 0 Å². The average Bonchev–Trinajstić information content (AvgIpc) is 2.11. The Morgan fingerprint density at radius 2 is 1.65 bits per heavy atom. The molecule has 0 aromatic rings. The lowest BCUT2D eigenvalue weighted by atomic mass is 10.6. The van der Waals surface area contributed by atoms with E-state index in [4.69, 9.17) is 5.11 Å². The highest BCUT2D eigenvalue weighted by Gasteiger charge is 2.68. The Hall–Kier alpha value is -0.970. The number of rotatable bonds is 5. The molecule has 17 heavy (non-hydrogen) atoms. The van der Waals surface area contributed by atoms with Crippen LogP contribution < -0.4 is 0 Å². The van der Waals surface area contributed by atoms with Gasteiger partial charge in [-0.05, 0) is 0 Å². The smallest absolute Gasteiger partial charge is 0.470 e. The van der Waals surface area contributed by atoms with Gasteiger partial charge in [0.25, 0.3) is 10.0 Å². The minimum absolute atomic E-state index is 0.456. The summed E-state index contributed by atoms with van der Waals surface area (Å²) < 4.78 is 82.3. The van der Waals surface area contributed by atoms with Crippen molar-refractivity contribution in [2.45, 2.75) is 18.4 Å². The molecule has 1 N–H and O–H groups in total. The minimum atomic E-state index is -6.31. The highest BCUT2D eigenvalue weighted by Crippen LogP contribution is 2.41. The Morgan fingerprint density at radius 1 is 1.24 bits per heavy atom. The predicted molar refractivity (Wildman–Crippen MR) is 44.8 cm³/mol. The van der Waals surface area contributed by atoms with Crippen LogP contribution in [0.2, 0.25) is 0 Å². The zero-order valence-corrected chi connectivity index (χ0v) is 9.15. The number of carbonyl (C=O) groups is 1. The third kappa shape index (κ3) is 3.03. The van der Waals surface area contributed by atoms with Crippen LogP contribution in [0.15, 0.2) is 0 Å². The van der Waals surface area contributed by atoms with Crippen molar-refractivity contribution in [2.24, 2.45) is 0 Å². The molecule has 0 bridgehead atoms. The van der Waals surface area contributed by atoms with Crippen LogP contribution >= 0.6 is 0 Å². The van der Waals surface area contributed by atoms with Crippen molar-refractivity contribution < 1.29 is 40.3 Å². The van der Waals surface area contributed by atoms with Crippen molar-refractivity contribution in [1.82, 2.24) is 4.31 Å². The van der Waals surface area contributed by atoms with Gasteiger partial charge in [0.2, 0.25) is 0 Å². The first kappa shape index (κ1) is 16.0. The second kappa shape index (κ2) is 4.72. The minimum Gasteiger partial charge on any atom is -0.480 e. The standard InChI is InChI=1S/C6H8F5NO4S/c1-2-12(3-4(13)14)17(15,16)6(10,11)5(7,8)9/h2-3H2,1H3,(H,13,14). The van der Waals surface area contributed by atoms with Crippen LogP contribution in [0, 0.1) is 0 Å². The molecular weight excluding hydrogens is 277 g/mol. The van der Waals surface area contributed by atoms with Gasteiger partial charge in [0.15, 0.2) is 0 Å². The topological polar surface area (TPSA) is 74.7 Å². The fraction of sp³-hybridized carbons (Fsp3) is 0.833. The largest absolute Gasteiger partial charge is 0.480 e. The molecule has 0 radical (unpaired) electrons. The summed E-state index contributed by atoms with van der Waals surface area (Å²) in [4.78, 5) is 10.2. The Kier molecular flexibility index (Phi) is 4.45. The molecule has 0 rings (SSSR count). The van der Waals surface area contributed by atoms with Crippen LogP contribution in [-0.2, 0) is 14.8 Å². The Bertz CT molecular complexity index is 390. The number of halogens is 5. The summed E-state index contributed by atoms with van der Waals surface area (Å²) in [6.07, 6.45) is -6.31. The van der Waals surface area contributed by atoms with Gasteiger partial charge in [0.1, 0.15) is 6.54 Å². The number of alkyl halides is 5. The first-order valence-corrected chi connectivity index (χ1v) is 5.48. The Morgan fingerprint density at radius 3 is 1.88 bits per heavy atom. The molecule has 102 valence electrons. The Labute approximate surface area is 92.9 Å². The van der Waals surface area contributed by atoms with E-state index < -0.39 is 44.8 Å². The van der Waals surface area contributed by atoms with E-state index in [9.17, 15) is 35.2 Å². The van der Waals surface area contributed by atoms with Gasteiger partial charge >= 0.3 is 17.4 Å². The second-order valence-electron chi connectivity index (χ2n) is 2.84. The molecule has 0 saturated heterocycles. The SMILES string of the molecule is CCN(CC(=O)O)S(=O)(=O)C(F)(F)C(F)(F)F. The number of hydrogen-bond donors (Lipinski definition) is 1. The highest BCUT2D eigenvalue weighted by molar-refractivity contribution is 7.90. The fourth-order valence-corrected chi connectivity index (χ4v) is 2.06. The van der Waals surface area contributed by atoms with E-state index in [1.807, 2.05) is 0 Å². The molecule has 0 aliphatic carbocycles. The molecule has 0 fully saturated rings. The number of carboxylic acid groups (broad SMARTS) is 1. The van der Waals surface area contributed by atoms with Crippen LogP contribution in [0.5, 0.6) is 0 Å². The van der Waals surface area contributed by atoms with E-state index in [0.717, 1.165) is 6.92 Å². The fourth-order valence-electron chi connectivity index (χ4n) is 0.826. The van der Waals surface area contributed by atoms with E-state index in [2.05, 4.69) is 0 Å². The summed E-state index contributed by atoms with van der Waals surface area (Å²) in [7, 11) is -6.11. The second-order valence-corrected chi connectivity index (χ2v) is 4.82. The van der Waals surface area contributed by atoms with Gasteiger partial charge < -0.3 is 5.11 Å². The van der Waals surface area contributed by atoms with Crippen LogP contribution in [0.4, 0.5) is 22.0 Å². The van der Waals surface area contributed by atoms with E-state index in [1.54, 1.807) is 0 Å². The number of hydrogen-bond acceptors (Lipinski definition) is 3. The van der Waals surface area contributed by atoms with Gasteiger partial charge in [-0.2, -0.15) is 26.3 Å². The summed E-state index contributed by atoms with van der Waals surface area (Å²) in [5.41, 5.74) is 0. The molecule has 0 unspecified atom stereocenters. The molecule has 0 amide bonds. The molecular formula is C6H8F5NO4S. The Balaban J connectivity index is 5.46. The molecule has 0 saturated carbocycles. The van der Waals surface area contributed by atoms with Crippen molar-refractivity contribution >= 4 is 16.0 Å². The quantitative estimate of drug-likeness (QED) is 0.761. The molecule has 0 heterocycles. The van der Waals surface area contributed by atoms with Crippen LogP contribution in [0.25, 0.3) is 0 Å². The average molecular weight is 285 g/mol. The van der Waals surface area contributed by atoms with E-state index in [-0.39, 0.29) is 0 Å². The van der Waals surface area contributed by atoms with Gasteiger partial charge in [-0.3, -0.25) is 4.79 Å². The molecule has 0 spiro atoms. The number of nitrogens with zero attached hydrogens (tertiary/aromatic N) is 1. The predicted octanol–water partition coefficient (Wildman–Crippen LogP) is 0.878. The van der Waals surface area contributed by atoms with Gasteiger partial charge in [0, 0.05) is 6.54 Å². The summed E-state index contributed by atoms with van der Waals surface area (Å²) in [6, 6.07) is 0. The number of likely N-dealkylation sites (N-methyl/N-ethyl adjacent to an activating group) is 1. The molecule has 0 aromatic heterocycles. The molecule has 0 aliphatic heterocycles. The van der Waals surface area contributed by atoms with Gasteiger partial charge in [0.05, 0.1) is 0 Å². The number of carboxylic acids is 1. The molecule has 5 nitrogen and oxygen atoms in total. The van der Waals surface area contributed by atoms with Crippen molar-refractivity contribution in [3.63, 3.8) is 0 Å². The number of aliphatic carboxylic acids is 1. The molecule has 0 atom stereocenters. The van der Waals surface area contributed by atoms with E-state index in [1.165, 1.54) is 0 Å². The lowest BCUT2D eigenvalue weighted by molar-refractivity contribution is -0.242. The van der Waals surface area contributed by atoms with Crippen molar-refractivity contribution in [1.29, 1.82) is 0 Å². The lowest BCUT2D eigenvalue weighted by Gasteiger charge is -2.26. The maximum atomic E-state index is 12.6. The summed E-state index contributed by atoms with van der Waals surface area (Å²) in [6.45, 7) is -1.35. The van der Waals surface area contributed by atoms with Crippen molar-refractivity contribution in [2.75, 3.05) is 13.1 Å². The van der Waals surface area contributed by atoms with Gasteiger partial charge in [-0.25, -0.2) is 8.42 Å². The molecule has 0 aromatic carbocycles. The van der Waals surface area contributed by atoms with Crippen LogP contribution in [0.1, 0.15) is 6.92 Å². The molecule has 0 aliphatic rings. The van der Waals surface area contributed by atoms with Crippen LogP contribution in [-0.4, -0.2) is 48.3 Å². The highest BCUT2D eigenvalue weighted by atomic mass is 32.2. The zero-order valence-electron chi connectivity index (χ0n) is 8.33. The zero-order chi connectivity index (χ0) is 14.1. The van der Waals surface area contributed by atoms with Crippen molar-refractivity contribution in [3.8, 4) is 0 Å². The van der Waals surface area contributed by atoms with E-state index in [0.29, 0.717) is 0 Å². The maximum Gasteiger partial charge on any atom is 0.470 e. The maximum absolute atomic E-state index is 12.6. The third-order valence-corrected chi connectivity index (χ3v) is 3.60. The monoisotopic (exact) mass is 285 g/mol. The molecule has 11 heteroatoms. The van der Waals surface area contributed by atoms with Gasteiger partial charge in [-0.1, -0.05) is 6.92 Å². The van der Waals surface area contributed by atoms with Crippen LogP contribution in [0.3, 0.4) is 0 Å². The summed E-state index contributed by atoms with van der Waals surface area (Å²) in [5.74, 6) is -1.84. The summed E-state index contributed by atoms with van der Waals surface area (Å²) >= 11 is 0. The van der Waals surface area contributed by atoms with Crippen molar-refractivity contribution in [3.05, 3.63) is 0 Å². The lowest BCUT2D eigenvalue weighted by Crippen LogP contribution is -2.52. The first-order chi connectivity index (χ1) is 7.38.